The van der Waals surface area contributed by atoms with E-state index in [0.717, 1.165) is 40.6 Å². The summed E-state index contributed by atoms with van der Waals surface area (Å²) in [5.41, 5.74) is 3.32. The summed E-state index contributed by atoms with van der Waals surface area (Å²) in [7, 11) is 0.426. The lowest BCUT2D eigenvalue weighted by Crippen LogP contribution is -2.17. The van der Waals surface area contributed by atoms with Crippen LogP contribution in [0.4, 0.5) is 0 Å². The van der Waals surface area contributed by atoms with Gasteiger partial charge in [-0.2, -0.15) is 0 Å². The van der Waals surface area contributed by atoms with Gasteiger partial charge in [0.1, 0.15) is 0 Å². The van der Waals surface area contributed by atoms with Crippen molar-refractivity contribution in [2.24, 2.45) is 0 Å². The van der Waals surface area contributed by atoms with Crippen LogP contribution < -0.4 is 0 Å². The molecule has 6 heteroatoms. The van der Waals surface area contributed by atoms with Crippen LogP contribution in [0.5, 0.6) is 0 Å². The average Bonchev–Trinajstić information content (AvgIpc) is 2.91. The minimum atomic E-state index is -3.58. The van der Waals surface area contributed by atoms with Gasteiger partial charge in [-0.1, -0.05) is 29.8 Å². The number of rotatable bonds is 3. The zero-order valence-corrected chi connectivity index (χ0v) is 15.0. The molecule has 4 rings (SSSR count). The highest BCUT2D eigenvalue weighted by Crippen LogP contribution is 2.43. The summed E-state index contributed by atoms with van der Waals surface area (Å²) in [5.74, 6) is 0. The SMILES string of the molecule is CN(C)CCc1cn2c3c(cc(Cl)cc13)-c1ccccc1S2(=O)=O. The van der Waals surface area contributed by atoms with Gasteiger partial charge in [0.2, 0.25) is 0 Å². The van der Waals surface area contributed by atoms with Crippen LogP contribution in [0.3, 0.4) is 0 Å². The van der Waals surface area contributed by atoms with Gasteiger partial charge in [0.15, 0.2) is 0 Å². The zero-order chi connectivity index (χ0) is 17.1. The van der Waals surface area contributed by atoms with Gasteiger partial charge in [-0.15, -0.1) is 0 Å². The minimum Gasteiger partial charge on any atom is -0.309 e. The van der Waals surface area contributed by atoms with Gasteiger partial charge in [0.05, 0.1) is 10.4 Å². The van der Waals surface area contributed by atoms with Crippen LogP contribution in [0.15, 0.2) is 47.5 Å². The highest BCUT2D eigenvalue weighted by atomic mass is 35.5. The first kappa shape index (κ1) is 15.7. The molecule has 0 N–H and O–H groups in total. The van der Waals surface area contributed by atoms with E-state index >= 15 is 0 Å². The van der Waals surface area contributed by atoms with Crippen molar-refractivity contribution >= 4 is 32.5 Å². The maximum atomic E-state index is 13.0. The van der Waals surface area contributed by atoms with E-state index in [9.17, 15) is 8.42 Å². The molecule has 0 aliphatic carbocycles. The van der Waals surface area contributed by atoms with Crippen LogP contribution in [-0.2, 0) is 16.4 Å². The first-order valence-electron chi connectivity index (χ1n) is 7.73. The van der Waals surface area contributed by atoms with Crippen molar-refractivity contribution in [2.75, 3.05) is 20.6 Å². The monoisotopic (exact) mass is 360 g/mol. The Kier molecular flexibility index (Phi) is 3.49. The maximum absolute atomic E-state index is 13.0. The van der Waals surface area contributed by atoms with Crippen molar-refractivity contribution in [3.8, 4) is 11.1 Å². The second-order valence-corrected chi connectivity index (χ2v) is 8.57. The van der Waals surface area contributed by atoms with E-state index in [1.165, 1.54) is 3.97 Å². The number of benzene rings is 2. The first-order chi connectivity index (χ1) is 11.4. The predicted molar refractivity (Wildman–Crippen MR) is 97.2 cm³/mol. The van der Waals surface area contributed by atoms with Crippen molar-refractivity contribution in [3.05, 3.63) is 53.2 Å². The van der Waals surface area contributed by atoms with Crippen molar-refractivity contribution in [3.63, 3.8) is 0 Å². The molecule has 0 saturated carbocycles. The number of likely N-dealkylation sites (N-methyl/N-ethyl adjacent to an activating group) is 1. The number of fused-ring (bicyclic) bond motifs is 2. The van der Waals surface area contributed by atoms with E-state index in [-0.39, 0.29) is 0 Å². The second kappa shape index (κ2) is 5.34. The first-order valence-corrected chi connectivity index (χ1v) is 9.54. The lowest BCUT2D eigenvalue weighted by atomic mass is 10.0. The Balaban J connectivity index is 2.08. The van der Waals surface area contributed by atoms with E-state index in [0.29, 0.717) is 9.92 Å². The molecule has 0 atom stereocenters. The topological polar surface area (TPSA) is 42.3 Å². The van der Waals surface area contributed by atoms with E-state index < -0.39 is 10.0 Å². The summed E-state index contributed by atoms with van der Waals surface area (Å²) in [6.45, 7) is 0.841. The molecule has 1 aliphatic heterocycles. The minimum absolute atomic E-state index is 0.329. The molecule has 24 heavy (non-hydrogen) atoms. The highest BCUT2D eigenvalue weighted by Gasteiger charge is 2.31. The number of halogens is 1. The molecule has 1 aromatic heterocycles. The lowest BCUT2D eigenvalue weighted by molar-refractivity contribution is 0.414. The highest BCUT2D eigenvalue weighted by molar-refractivity contribution is 7.90. The van der Waals surface area contributed by atoms with Crippen molar-refractivity contribution in [2.45, 2.75) is 11.3 Å². The summed E-state index contributed by atoms with van der Waals surface area (Å²) in [4.78, 5) is 2.41. The summed E-state index contributed by atoms with van der Waals surface area (Å²) in [6, 6.07) is 10.8. The third-order valence-corrected chi connectivity index (χ3v) is 6.39. The van der Waals surface area contributed by atoms with Gasteiger partial charge >= 0.3 is 0 Å². The fourth-order valence-electron chi connectivity index (χ4n) is 3.32. The Morgan fingerprint density at radius 3 is 2.62 bits per heavy atom. The molecule has 1 aliphatic rings. The predicted octanol–water partition coefficient (Wildman–Crippen LogP) is 3.62. The smallest absolute Gasteiger partial charge is 0.268 e. The lowest BCUT2D eigenvalue weighted by Gasteiger charge is -2.19. The number of hydrogen-bond donors (Lipinski definition) is 0. The number of nitrogens with zero attached hydrogens (tertiary/aromatic N) is 2. The largest absolute Gasteiger partial charge is 0.309 e. The third kappa shape index (κ3) is 2.19. The van der Waals surface area contributed by atoms with E-state index in [2.05, 4.69) is 4.90 Å². The normalized spacial score (nSPS) is 15.0. The number of hydrogen-bond acceptors (Lipinski definition) is 3. The molecule has 0 radical (unpaired) electrons. The van der Waals surface area contributed by atoms with E-state index in [1.807, 2.05) is 38.4 Å². The molecule has 0 fully saturated rings. The molecule has 0 bridgehead atoms. The van der Waals surface area contributed by atoms with Gasteiger partial charge in [-0.05, 0) is 44.3 Å². The molecular weight excluding hydrogens is 344 g/mol. The zero-order valence-electron chi connectivity index (χ0n) is 13.5. The average molecular weight is 361 g/mol. The Labute approximate surface area is 146 Å². The Bertz CT molecular complexity index is 1070. The molecular formula is C18H17ClN2O2S. The summed E-state index contributed by atoms with van der Waals surface area (Å²) < 4.78 is 27.5. The quantitative estimate of drug-likeness (QED) is 0.560. The van der Waals surface area contributed by atoms with E-state index in [4.69, 9.17) is 11.6 Å². The Morgan fingerprint density at radius 1 is 1.12 bits per heavy atom. The number of aromatic nitrogens is 1. The Morgan fingerprint density at radius 2 is 1.88 bits per heavy atom. The molecule has 2 heterocycles. The van der Waals surface area contributed by atoms with Gasteiger partial charge < -0.3 is 4.90 Å². The fraction of sp³-hybridized carbons (Fsp3) is 0.222. The molecule has 124 valence electrons. The van der Waals surface area contributed by atoms with Crippen molar-refractivity contribution in [1.29, 1.82) is 0 Å². The maximum Gasteiger partial charge on any atom is 0.268 e. The second-order valence-electron chi connectivity index (χ2n) is 6.35. The van der Waals surface area contributed by atoms with E-state index in [1.54, 1.807) is 18.3 Å². The molecule has 0 unspecified atom stereocenters. The molecule has 2 aromatic carbocycles. The van der Waals surface area contributed by atoms with Crippen LogP contribution in [0, 0.1) is 0 Å². The summed E-state index contributed by atoms with van der Waals surface area (Å²) >= 11 is 6.34. The van der Waals surface area contributed by atoms with Crippen LogP contribution in [-0.4, -0.2) is 37.9 Å². The van der Waals surface area contributed by atoms with Gasteiger partial charge in [0.25, 0.3) is 10.0 Å². The fourth-order valence-corrected chi connectivity index (χ4v) is 5.15. The van der Waals surface area contributed by atoms with Gasteiger partial charge in [-0.3, -0.25) is 0 Å². The van der Waals surface area contributed by atoms with Gasteiger partial charge in [-0.25, -0.2) is 12.4 Å². The molecule has 0 amide bonds. The van der Waals surface area contributed by atoms with Crippen LogP contribution in [0.1, 0.15) is 5.56 Å². The van der Waals surface area contributed by atoms with Crippen molar-refractivity contribution in [1.82, 2.24) is 8.87 Å². The molecule has 3 aromatic rings. The van der Waals surface area contributed by atoms with Gasteiger partial charge in [0, 0.05) is 34.3 Å². The van der Waals surface area contributed by atoms with Crippen LogP contribution in [0.25, 0.3) is 22.0 Å². The third-order valence-electron chi connectivity index (χ3n) is 4.46. The Hall–Kier alpha value is -1.82. The van der Waals surface area contributed by atoms with Crippen molar-refractivity contribution < 1.29 is 8.42 Å². The molecule has 4 nitrogen and oxygen atoms in total. The molecule has 0 spiro atoms. The standard InChI is InChI=1S/C18H17ClN2O2S/c1-20(2)8-7-12-11-21-18-15(12)9-13(19)10-16(18)14-5-3-4-6-17(14)24(21,22)23/h3-6,9-11H,7-8H2,1-2H3. The summed E-state index contributed by atoms with van der Waals surface area (Å²) in [5, 5.41) is 1.54. The summed E-state index contributed by atoms with van der Waals surface area (Å²) in [6.07, 6.45) is 2.52. The van der Waals surface area contributed by atoms with Crippen LogP contribution >= 0.6 is 11.6 Å². The molecule has 0 saturated heterocycles. The van der Waals surface area contributed by atoms with Crippen LogP contribution in [0.2, 0.25) is 5.02 Å².